The quantitative estimate of drug-likeness (QED) is 0.886. The van der Waals surface area contributed by atoms with Gasteiger partial charge in [-0.2, -0.15) is 0 Å². The maximum absolute atomic E-state index is 12.4. The number of carbonyl (C=O) groups is 2. The first-order chi connectivity index (χ1) is 10.3. The van der Waals surface area contributed by atoms with Gasteiger partial charge in [-0.3, -0.25) is 9.59 Å². The molecule has 1 aromatic carbocycles. The number of amides is 1. The van der Waals surface area contributed by atoms with Crippen LogP contribution in [0.2, 0.25) is 0 Å². The molecule has 1 fully saturated rings. The third-order valence-electron chi connectivity index (χ3n) is 4.42. The third-order valence-corrected chi connectivity index (χ3v) is 5.31. The number of carboxylic acids is 1. The second-order valence-electron chi connectivity index (χ2n) is 6.37. The summed E-state index contributed by atoms with van der Waals surface area (Å²) < 4.78 is 1.07. The van der Waals surface area contributed by atoms with E-state index in [-0.39, 0.29) is 5.91 Å². The lowest BCUT2D eigenvalue weighted by atomic mass is 9.82. The summed E-state index contributed by atoms with van der Waals surface area (Å²) in [5.74, 6) is -0.763. The number of likely N-dealkylation sites (tertiary alicyclic amines) is 1. The molecule has 0 radical (unpaired) electrons. The highest BCUT2D eigenvalue weighted by Crippen LogP contribution is 2.30. The first kappa shape index (κ1) is 17.0. The maximum Gasteiger partial charge on any atom is 0.311 e. The van der Waals surface area contributed by atoms with Gasteiger partial charge in [0.15, 0.2) is 0 Å². The van der Waals surface area contributed by atoms with E-state index >= 15 is 0 Å². The van der Waals surface area contributed by atoms with Gasteiger partial charge < -0.3 is 10.0 Å². The van der Waals surface area contributed by atoms with Crippen LogP contribution in [0.15, 0.2) is 22.7 Å². The molecule has 0 saturated carbocycles. The molecule has 1 saturated heterocycles. The monoisotopic (exact) mass is 367 g/mol. The van der Waals surface area contributed by atoms with E-state index in [4.69, 9.17) is 0 Å². The number of piperidine rings is 1. The van der Waals surface area contributed by atoms with Gasteiger partial charge in [0.1, 0.15) is 0 Å². The number of aryl methyl sites for hydroxylation is 2. The van der Waals surface area contributed by atoms with Gasteiger partial charge in [0.25, 0.3) is 0 Å². The molecule has 1 amide bonds. The van der Waals surface area contributed by atoms with Gasteiger partial charge in [-0.25, -0.2) is 0 Å². The molecular formula is C17H22BrNO3. The van der Waals surface area contributed by atoms with E-state index in [0.29, 0.717) is 32.4 Å². The van der Waals surface area contributed by atoms with E-state index in [2.05, 4.69) is 22.0 Å². The van der Waals surface area contributed by atoms with Gasteiger partial charge >= 0.3 is 5.97 Å². The van der Waals surface area contributed by atoms with Crippen molar-refractivity contribution < 1.29 is 14.7 Å². The molecule has 1 unspecified atom stereocenters. The molecule has 0 spiro atoms. The summed E-state index contributed by atoms with van der Waals surface area (Å²) in [5.41, 5.74) is 1.48. The fourth-order valence-electron chi connectivity index (χ4n) is 2.90. The highest BCUT2D eigenvalue weighted by Gasteiger charge is 2.39. The van der Waals surface area contributed by atoms with Crippen molar-refractivity contribution in [2.75, 3.05) is 13.1 Å². The Morgan fingerprint density at radius 3 is 2.77 bits per heavy atom. The van der Waals surface area contributed by atoms with Gasteiger partial charge in [-0.1, -0.05) is 28.1 Å². The molecule has 0 aromatic heterocycles. The van der Waals surface area contributed by atoms with Crippen molar-refractivity contribution in [1.29, 1.82) is 0 Å². The van der Waals surface area contributed by atoms with Crippen molar-refractivity contribution in [3.63, 3.8) is 0 Å². The van der Waals surface area contributed by atoms with Crippen LogP contribution in [0.5, 0.6) is 0 Å². The second kappa shape index (κ2) is 6.82. The zero-order valence-electron chi connectivity index (χ0n) is 13.1. The molecule has 1 heterocycles. The predicted octanol–water partition coefficient (Wildman–Crippen LogP) is 3.40. The van der Waals surface area contributed by atoms with Gasteiger partial charge in [-0.15, -0.1) is 0 Å². The van der Waals surface area contributed by atoms with Crippen molar-refractivity contribution in [1.82, 2.24) is 4.90 Å². The Morgan fingerprint density at radius 2 is 2.14 bits per heavy atom. The number of rotatable bonds is 4. The first-order valence-electron chi connectivity index (χ1n) is 7.58. The second-order valence-corrected chi connectivity index (χ2v) is 7.22. The number of halogens is 1. The Bertz CT molecular complexity index is 587. The van der Waals surface area contributed by atoms with E-state index in [0.717, 1.165) is 22.0 Å². The Hall–Kier alpha value is -1.36. The molecule has 5 heteroatoms. The fourth-order valence-corrected chi connectivity index (χ4v) is 3.15. The van der Waals surface area contributed by atoms with Crippen LogP contribution in [-0.2, 0) is 16.0 Å². The van der Waals surface area contributed by atoms with Gasteiger partial charge in [0, 0.05) is 24.0 Å². The van der Waals surface area contributed by atoms with E-state index < -0.39 is 11.4 Å². The van der Waals surface area contributed by atoms with Crippen LogP contribution < -0.4 is 0 Å². The van der Waals surface area contributed by atoms with Crippen LogP contribution in [0.25, 0.3) is 0 Å². The molecule has 2 rings (SSSR count). The van der Waals surface area contributed by atoms with E-state index in [1.807, 2.05) is 19.1 Å². The molecule has 1 aliphatic rings. The van der Waals surface area contributed by atoms with Crippen LogP contribution in [-0.4, -0.2) is 35.0 Å². The predicted molar refractivity (Wildman–Crippen MR) is 88.8 cm³/mol. The Morgan fingerprint density at radius 1 is 1.41 bits per heavy atom. The smallest absolute Gasteiger partial charge is 0.311 e. The van der Waals surface area contributed by atoms with Crippen molar-refractivity contribution in [3.05, 3.63) is 33.8 Å². The fraction of sp³-hybridized carbons (Fsp3) is 0.529. The summed E-state index contributed by atoms with van der Waals surface area (Å²) in [4.78, 5) is 25.4. The lowest BCUT2D eigenvalue weighted by Crippen LogP contribution is -2.48. The van der Waals surface area contributed by atoms with Crippen LogP contribution in [0.4, 0.5) is 0 Å². The zero-order chi connectivity index (χ0) is 16.3. The van der Waals surface area contributed by atoms with Crippen molar-refractivity contribution in [2.24, 2.45) is 5.41 Å². The van der Waals surface area contributed by atoms with E-state index in [1.54, 1.807) is 11.8 Å². The summed E-state index contributed by atoms with van der Waals surface area (Å²) in [6.07, 6.45) is 2.51. The minimum atomic E-state index is -0.812. The number of hydrogen-bond acceptors (Lipinski definition) is 2. The van der Waals surface area contributed by atoms with Gasteiger partial charge in [0.2, 0.25) is 5.91 Å². The highest BCUT2D eigenvalue weighted by molar-refractivity contribution is 9.10. The minimum Gasteiger partial charge on any atom is -0.481 e. The molecule has 1 aliphatic heterocycles. The number of aliphatic carboxylic acids is 1. The normalized spacial score (nSPS) is 21.7. The molecule has 1 N–H and O–H groups in total. The highest BCUT2D eigenvalue weighted by atomic mass is 79.9. The Labute approximate surface area is 139 Å². The summed E-state index contributed by atoms with van der Waals surface area (Å²) >= 11 is 3.47. The molecule has 22 heavy (non-hydrogen) atoms. The SMILES string of the molecule is Cc1cc(CCC(=O)N2CCCC(C)(C(=O)O)C2)ccc1Br. The topological polar surface area (TPSA) is 57.6 Å². The maximum atomic E-state index is 12.4. The molecule has 120 valence electrons. The van der Waals surface area contributed by atoms with Crippen molar-refractivity contribution in [2.45, 2.75) is 39.5 Å². The first-order valence-corrected chi connectivity index (χ1v) is 8.37. The Balaban J connectivity index is 1.94. The average Bonchev–Trinajstić information content (AvgIpc) is 2.48. The van der Waals surface area contributed by atoms with E-state index in [1.165, 1.54) is 0 Å². The van der Waals surface area contributed by atoms with Crippen molar-refractivity contribution in [3.8, 4) is 0 Å². The molecule has 1 aromatic rings. The number of carbonyl (C=O) groups excluding carboxylic acids is 1. The number of benzene rings is 1. The lowest BCUT2D eigenvalue weighted by molar-refractivity contribution is -0.153. The molecule has 1 atom stereocenters. The lowest BCUT2D eigenvalue weighted by Gasteiger charge is -2.37. The van der Waals surface area contributed by atoms with Crippen LogP contribution in [0, 0.1) is 12.3 Å². The third kappa shape index (κ3) is 3.88. The largest absolute Gasteiger partial charge is 0.481 e. The van der Waals surface area contributed by atoms with E-state index in [9.17, 15) is 14.7 Å². The van der Waals surface area contributed by atoms with Crippen LogP contribution >= 0.6 is 15.9 Å². The zero-order valence-corrected chi connectivity index (χ0v) is 14.6. The minimum absolute atomic E-state index is 0.0488. The standard InChI is InChI=1S/C17H22BrNO3/c1-12-10-13(4-6-14(12)18)5-7-15(20)19-9-3-8-17(2,11-19)16(21)22/h4,6,10H,3,5,7-9,11H2,1-2H3,(H,21,22). The van der Waals surface area contributed by atoms with Crippen LogP contribution in [0.3, 0.4) is 0 Å². The summed E-state index contributed by atoms with van der Waals surface area (Å²) in [5, 5.41) is 9.32. The average molecular weight is 368 g/mol. The molecule has 0 aliphatic carbocycles. The molecule has 0 bridgehead atoms. The molecule has 4 nitrogen and oxygen atoms in total. The summed E-state index contributed by atoms with van der Waals surface area (Å²) in [6, 6.07) is 6.09. The number of nitrogens with zero attached hydrogens (tertiary/aromatic N) is 1. The number of carboxylic acid groups (broad SMARTS) is 1. The number of hydrogen-bond donors (Lipinski definition) is 1. The van der Waals surface area contributed by atoms with Crippen molar-refractivity contribution >= 4 is 27.8 Å². The van der Waals surface area contributed by atoms with Gasteiger partial charge in [0.05, 0.1) is 5.41 Å². The molecular weight excluding hydrogens is 346 g/mol. The van der Waals surface area contributed by atoms with Crippen LogP contribution in [0.1, 0.15) is 37.3 Å². The Kier molecular flexibility index (Phi) is 5.27. The summed E-state index contributed by atoms with van der Waals surface area (Å²) in [7, 11) is 0. The van der Waals surface area contributed by atoms with Gasteiger partial charge in [-0.05, 0) is 50.3 Å². The summed E-state index contributed by atoms with van der Waals surface area (Å²) in [6.45, 7) is 4.74.